The van der Waals surface area contributed by atoms with Crippen molar-refractivity contribution < 1.29 is 28.5 Å². The molecule has 0 radical (unpaired) electrons. The van der Waals surface area contributed by atoms with Crippen LogP contribution in [0, 0.1) is 0 Å². The highest BCUT2D eigenvalue weighted by molar-refractivity contribution is 9.14. The first-order chi connectivity index (χ1) is 11.9. The van der Waals surface area contributed by atoms with Gasteiger partial charge in [-0.15, -0.1) is 0 Å². The lowest BCUT2D eigenvalue weighted by Gasteiger charge is -2.25. The van der Waals surface area contributed by atoms with Crippen molar-refractivity contribution in [2.75, 3.05) is 0 Å². The van der Waals surface area contributed by atoms with Crippen molar-refractivity contribution in [1.82, 2.24) is 0 Å². The number of ketones is 2. The molecule has 0 amide bonds. The van der Waals surface area contributed by atoms with Gasteiger partial charge in [0, 0.05) is 21.9 Å². The Balaban J connectivity index is 4.00. The van der Waals surface area contributed by atoms with Crippen LogP contribution in [0.1, 0.15) is 36.8 Å². The zero-order valence-electron chi connectivity index (χ0n) is 13.8. The van der Waals surface area contributed by atoms with Crippen LogP contribution in [0.25, 0.3) is 0 Å². The first-order valence-electron chi connectivity index (χ1n) is 7.15. The number of benzene rings is 1. The van der Waals surface area contributed by atoms with E-state index in [2.05, 4.69) is 60.9 Å². The lowest BCUT2D eigenvalue weighted by atomic mass is 9.84. The van der Waals surface area contributed by atoms with E-state index in [-0.39, 0.29) is 21.6 Å². The molecular formula is C16H16Br3O6P. The van der Waals surface area contributed by atoms with Crippen LogP contribution in [0.3, 0.4) is 0 Å². The molecule has 0 aliphatic rings. The first kappa shape index (κ1) is 23.5. The molecule has 0 saturated carbocycles. The number of hydrogen-bond acceptors (Lipinski definition) is 4. The van der Waals surface area contributed by atoms with Gasteiger partial charge in [0.15, 0.2) is 17.3 Å². The molecule has 142 valence electrons. The van der Waals surface area contributed by atoms with Crippen LogP contribution in [0.15, 0.2) is 38.7 Å². The largest absolute Gasteiger partial charge is 0.524 e. The number of phosphoric acid groups is 1. The zero-order chi connectivity index (χ0) is 20.4. The van der Waals surface area contributed by atoms with Crippen molar-refractivity contribution in [3.05, 3.63) is 49.9 Å². The Bertz CT molecular complexity index is 830. The SMILES string of the molecule is C=CC(=O)C(C)c1c(Br)c(Br)c(Br)c(OP(=O)(O)O)c1C(C)C(=O)C=C. The van der Waals surface area contributed by atoms with Crippen molar-refractivity contribution >= 4 is 67.2 Å². The number of halogens is 3. The predicted molar refractivity (Wildman–Crippen MR) is 109 cm³/mol. The smallest absolute Gasteiger partial charge is 0.403 e. The van der Waals surface area contributed by atoms with E-state index in [1.807, 2.05) is 0 Å². The molecule has 1 aromatic carbocycles. The van der Waals surface area contributed by atoms with E-state index < -0.39 is 25.4 Å². The molecule has 26 heavy (non-hydrogen) atoms. The highest BCUT2D eigenvalue weighted by Gasteiger charge is 2.34. The molecule has 1 aromatic rings. The summed E-state index contributed by atoms with van der Waals surface area (Å²) in [6.07, 6.45) is 2.24. The first-order valence-corrected chi connectivity index (χ1v) is 11.1. The Morgan fingerprint density at radius 3 is 1.77 bits per heavy atom. The van der Waals surface area contributed by atoms with Crippen molar-refractivity contribution in [2.45, 2.75) is 25.7 Å². The van der Waals surface area contributed by atoms with Crippen LogP contribution in [-0.4, -0.2) is 21.4 Å². The molecule has 0 aliphatic heterocycles. The molecule has 0 saturated heterocycles. The number of allylic oxidation sites excluding steroid dienone is 2. The molecule has 0 fully saturated rings. The number of hydrogen-bond donors (Lipinski definition) is 2. The molecule has 0 bridgehead atoms. The minimum atomic E-state index is -4.94. The number of carbonyl (C=O) groups excluding carboxylic acids is 2. The van der Waals surface area contributed by atoms with Crippen LogP contribution < -0.4 is 4.52 Å². The second kappa shape index (κ2) is 9.08. The van der Waals surface area contributed by atoms with Crippen molar-refractivity contribution in [2.24, 2.45) is 0 Å². The van der Waals surface area contributed by atoms with Crippen LogP contribution in [0.5, 0.6) is 5.75 Å². The number of carbonyl (C=O) groups is 2. The van der Waals surface area contributed by atoms with Crippen LogP contribution >= 0.6 is 55.6 Å². The van der Waals surface area contributed by atoms with E-state index in [0.717, 1.165) is 12.2 Å². The van der Waals surface area contributed by atoms with Gasteiger partial charge in [-0.1, -0.05) is 27.0 Å². The maximum atomic E-state index is 12.2. The molecule has 0 heterocycles. The Kier molecular flexibility index (Phi) is 8.20. The summed E-state index contributed by atoms with van der Waals surface area (Å²) in [6, 6.07) is 0. The van der Waals surface area contributed by atoms with Gasteiger partial charge in [0.1, 0.15) is 0 Å². The molecule has 0 aromatic heterocycles. The van der Waals surface area contributed by atoms with E-state index >= 15 is 0 Å². The van der Waals surface area contributed by atoms with Crippen molar-refractivity contribution in [3.8, 4) is 5.75 Å². The summed E-state index contributed by atoms with van der Waals surface area (Å²) in [4.78, 5) is 43.0. The molecule has 0 aliphatic carbocycles. The molecule has 0 spiro atoms. The average Bonchev–Trinajstić information content (AvgIpc) is 2.58. The van der Waals surface area contributed by atoms with Gasteiger partial charge in [-0.3, -0.25) is 19.4 Å². The second-order valence-corrected chi connectivity index (χ2v) is 8.88. The van der Waals surface area contributed by atoms with Gasteiger partial charge in [0.25, 0.3) is 0 Å². The minimum absolute atomic E-state index is 0.169. The lowest BCUT2D eigenvalue weighted by molar-refractivity contribution is -0.116. The van der Waals surface area contributed by atoms with Gasteiger partial charge >= 0.3 is 7.82 Å². The van der Waals surface area contributed by atoms with Gasteiger partial charge in [0.05, 0.1) is 8.95 Å². The third kappa shape index (κ3) is 5.03. The quantitative estimate of drug-likeness (QED) is 0.253. The van der Waals surface area contributed by atoms with Crippen molar-refractivity contribution in [1.29, 1.82) is 0 Å². The normalized spacial score (nSPS) is 13.7. The summed E-state index contributed by atoms with van der Waals surface area (Å²) in [7, 11) is -4.94. The highest BCUT2D eigenvalue weighted by atomic mass is 79.9. The molecule has 2 N–H and O–H groups in total. The Hall–Kier alpha value is -0.570. The second-order valence-electron chi connectivity index (χ2n) is 5.34. The highest BCUT2D eigenvalue weighted by Crippen LogP contribution is 2.53. The minimum Gasteiger partial charge on any atom is -0.403 e. The van der Waals surface area contributed by atoms with E-state index in [9.17, 15) is 23.9 Å². The number of phosphoric ester groups is 1. The fraction of sp³-hybridized carbons (Fsp3) is 0.250. The van der Waals surface area contributed by atoms with Gasteiger partial charge in [-0.05, 0) is 65.5 Å². The fourth-order valence-corrected chi connectivity index (χ4v) is 4.83. The van der Waals surface area contributed by atoms with Crippen molar-refractivity contribution in [3.63, 3.8) is 0 Å². The zero-order valence-corrected chi connectivity index (χ0v) is 19.5. The third-order valence-corrected chi connectivity index (χ3v) is 7.55. The summed E-state index contributed by atoms with van der Waals surface area (Å²) in [6.45, 7) is 10.0. The molecular weight excluding hydrogens is 559 g/mol. The standard InChI is InChI=1S/C16H16Br3O6P/c1-5-9(20)7(3)11-12(8(4)10(21)6-2)16(25-26(22,23)24)15(19)14(18)13(11)17/h5-8H,1-2H2,3-4H3,(H2,22,23,24). The summed E-state index contributed by atoms with van der Waals surface area (Å²) in [5.74, 6) is -2.58. The maximum Gasteiger partial charge on any atom is 0.524 e. The fourth-order valence-electron chi connectivity index (χ4n) is 2.37. The summed E-state index contributed by atoms with van der Waals surface area (Å²) < 4.78 is 17.3. The molecule has 10 heteroatoms. The molecule has 6 nitrogen and oxygen atoms in total. The summed E-state index contributed by atoms with van der Waals surface area (Å²) >= 11 is 9.90. The summed E-state index contributed by atoms with van der Waals surface area (Å²) in [5.41, 5.74) is 0.527. The van der Waals surface area contributed by atoms with Gasteiger partial charge in [-0.2, -0.15) is 0 Å². The predicted octanol–water partition coefficient (Wildman–Crippen LogP) is 5.16. The Morgan fingerprint density at radius 1 is 0.962 bits per heavy atom. The maximum absolute atomic E-state index is 12.2. The Morgan fingerprint density at radius 2 is 1.38 bits per heavy atom. The summed E-state index contributed by atoms with van der Waals surface area (Å²) in [5, 5.41) is 0. The molecule has 2 atom stereocenters. The van der Waals surface area contributed by atoms with Crippen LogP contribution in [0.4, 0.5) is 0 Å². The topological polar surface area (TPSA) is 101 Å². The molecule has 1 rings (SSSR count). The average molecular weight is 575 g/mol. The third-order valence-electron chi connectivity index (χ3n) is 3.69. The monoisotopic (exact) mass is 572 g/mol. The van der Waals surface area contributed by atoms with Crippen LogP contribution in [0.2, 0.25) is 0 Å². The van der Waals surface area contributed by atoms with E-state index in [4.69, 9.17) is 4.52 Å². The van der Waals surface area contributed by atoms with Gasteiger partial charge in [-0.25, -0.2) is 4.57 Å². The van der Waals surface area contributed by atoms with E-state index in [1.54, 1.807) is 6.92 Å². The molecule has 2 unspecified atom stereocenters. The number of rotatable bonds is 8. The van der Waals surface area contributed by atoms with Gasteiger partial charge < -0.3 is 4.52 Å². The Labute approximate surface area is 176 Å². The lowest BCUT2D eigenvalue weighted by Crippen LogP contribution is -2.16. The van der Waals surface area contributed by atoms with Gasteiger partial charge in [0.2, 0.25) is 0 Å². The van der Waals surface area contributed by atoms with E-state index in [1.165, 1.54) is 6.92 Å². The van der Waals surface area contributed by atoms with E-state index in [0.29, 0.717) is 14.5 Å². The van der Waals surface area contributed by atoms with Crippen LogP contribution in [-0.2, 0) is 14.2 Å².